The maximum absolute atomic E-state index is 10.5. The summed E-state index contributed by atoms with van der Waals surface area (Å²) in [5.74, 6) is 0. The number of phosphoric acid groups is 1. The van der Waals surface area contributed by atoms with Crippen LogP contribution < -0.4 is 68.9 Å². The van der Waals surface area contributed by atoms with Gasteiger partial charge in [-0.1, -0.05) is 101 Å². The molecule has 0 bridgehead atoms. The Morgan fingerprint density at radius 1 is 0.774 bits per heavy atom. The predicted octanol–water partition coefficient (Wildman–Crippen LogP) is 0.241. The van der Waals surface area contributed by atoms with Crippen LogP contribution in [0.1, 0.15) is 108 Å². The van der Waals surface area contributed by atoms with E-state index < -0.39 is 13.9 Å². The molecule has 1 atom stereocenters. The molecule has 31 heavy (non-hydrogen) atoms. The number of hydrogen-bond donors (Lipinski definition) is 0. The third-order valence-electron chi connectivity index (χ3n) is 5.63. The summed E-state index contributed by atoms with van der Waals surface area (Å²) < 4.78 is 14.9. The largest absolute Gasteiger partial charge is 1.00 e. The quantitative estimate of drug-likeness (QED) is 0.175. The number of phosphoric ester groups is 1. The topological polar surface area (TPSA) is 72.4 Å². The van der Waals surface area contributed by atoms with Gasteiger partial charge >= 0.3 is 59.1 Å². The predicted molar refractivity (Wildman–Crippen MR) is 118 cm³/mol. The molecule has 0 radical (unpaired) electrons. The zero-order valence-corrected chi connectivity index (χ0v) is 25.5. The monoisotopic (exact) mass is 470 g/mol. The number of aryl methyl sites for hydroxylation is 2. The molecule has 1 rings (SSSR count). The molecule has 0 aromatic heterocycles. The van der Waals surface area contributed by atoms with Crippen molar-refractivity contribution < 1.29 is 78.0 Å². The Morgan fingerprint density at radius 2 is 1.19 bits per heavy atom. The van der Waals surface area contributed by atoms with Crippen LogP contribution in [0.25, 0.3) is 0 Å². The molecule has 0 saturated heterocycles. The van der Waals surface area contributed by atoms with Crippen LogP contribution in [0.15, 0.2) is 24.3 Å². The number of hydrogen-bond acceptors (Lipinski definition) is 4. The van der Waals surface area contributed by atoms with Gasteiger partial charge in [0, 0.05) is 0 Å². The molecule has 0 saturated carbocycles. The molecule has 1 aromatic rings. The van der Waals surface area contributed by atoms with Gasteiger partial charge in [0.15, 0.2) is 0 Å². The number of rotatable bonds is 18. The second-order valence-electron chi connectivity index (χ2n) is 8.42. The maximum Gasteiger partial charge on any atom is 1.00 e. The van der Waals surface area contributed by atoms with E-state index in [0.717, 1.165) is 12.8 Å². The Kier molecular flexibility index (Phi) is 24.3. The van der Waals surface area contributed by atoms with Crippen molar-refractivity contribution in [3.63, 3.8) is 0 Å². The van der Waals surface area contributed by atoms with Gasteiger partial charge in [0.2, 0.25) is 0 Å². The van der Waals surface area contributed by atoms with Crippen molar-refractivity contribution in [1.82, 2.24) is 0 Å². The van der Waals surface area contributed by atoms with Gasteiger partial charge < -0.3 is 18.9 Å². The molecular weight excluding hydrogens is 429 g/mol. The van der Waals surface area contributed by atoms with Crippen LogP contribution in [0.3, 0.4) is 0 Å². The summed E-state index contributed by atoms with van der Waals surface area (Å²) in [5.41, 5.74) is 2.93. The van der Waals surface area contributed by atoms with Crippen molar-refractivity contribution in [2.75, 3.05) is 0 Å². The summed E-state index contributed by atoms with van der Waals surface area (Å²) >= 11 is 0. The minimum atomic E-state index is -4.82. The Labute approximate surface area is 235 Å². The van der Waals surface area contributed by atoms with Crippen LogP contribution in [0.4, 0.5) is 0 Å². The van der Waals surface area contributed by atoms with Crippen molar-refractivity contribution in [3.8, 4) is 0 Å². The van der Waals surface area contributed by atoms with E-state index in [1.807, 2.05) is 0 Å². The summed E-state index contributed by atoms with van der Waals surface area (Å²) in [6, 6.07) is 8.72. The molecule has 0 amide bonds. The third kappa shape index (κ3) is 21.6. The molecule has 168 valence electrons. The average Bonchev–Trinajstić information content (AvgIpc) is 2.64. The van der Waals surface area contributed by atoms with Crippen LogP contribution >= 0.6 is 7.82 Å². The standard InChI is InChI=1S/C24H43O4P.2Na/c1-22-18-16-17-21-24(22)20-15-13-11-9-7-5-3-4-6-8-10-12-14-19-23(2)28-29(25,26)27;;/h16-18,21,23H,3-15,19-20H2,1-2H3,(H2,25,26,27);;/q;2*+1/p-2. The Bertz CT molecular complexity index is 580. The molecule has 0 aliphatic carbocycles. The van der Waals surface area contributed by atoms with Crippen LogP contribution in [-0.4, -0.2) is 6.10 Å². The second kappa shape index (κ2) is 21.8. The Hall–Kier alpha value is 1.33. The molecule has 0 fully saturated rings. The van der Waals surface area contributed by atoms with Gasteiger partial charge in [-0.05, 0) is 44.2 Å². The smallest absolute Gasteiger partial charge is 0.790 e. The molecule has 0 spiro atoms. The van der Waals surface area contributed by atoms with Crippen molar-refractivity contribution in [2.24, 2.45) is 0 Å². The van der Waals surface area contributed by atoms with Gasteiger partial charge in [0.1, 0.15) is 0 Å². The molecular formula is C24H41Na2O4P. The zero-order chi connectivity index (χ0) is 21.4. The van der Waals surface area contributed by atoms with Crippen molar-refractivity contribution >= 4 is 7.82 Å². The van der Waals surface area contributed by atoms with E-state index >= 15 is 0 Å². The first-order valence-corrected chi connectivity index (χ1v) is 13.1. The van der Waals surface area contributed by atoms with Gasteiger partial charge in [-0.3, -0.25) is 0 Å². The summed E-state index contributed by atoms with van der Waals surface area (Å²) in [6.07, 6.45) is 17.9. The minimum Gasteiger partial charge on any atom is -0.790 e. The van der Waals surface area contributed by atoms with Gasteiger partial charge in [-0.15, -0.1) is 0 Å². The van der Waals surface area contributed by atoms with Crippen LogP contribution in [0.5, 0.6) is 0 Å². The molecule has 4 nitrogen and oxygen atoms in total. The summed E-state index contributed by atoms with van der Waals surface area (Å²) in [6.45, 7) is 3.85. The van der Waals surface area contributed by atoms with Crippen LogP contribution in [0.2, 0.25) is 0 Å². The van der Waals surface area contributed by atoms with E-state index in [-0.39, 0.29) is 59.1 Å². The fraction of sp³-hybridized carbons (Fsp3) is 0.750. The normalized spacial score (nSPS) is 12.1. The maximum atomic E-state index is 10.5. The Morgan fingerprint density at radius 3 is 1.65 bits per heavy atom. The molecule has 0 aliphatic rings. The van der Waals surface area contributed by atoms with E-state index in [0.29, 0.717) is 6.42 Å². The van der Waals surface area contributed by atoms with Crippen molar-refractivity contribution in [1.29, 1.82) is 0 Å². The number of unbranched alkanes of at least 4 members (excludes halogenated alkanes) is 12. The van der Waals surface area contributed by atoms with E-state index in [1.165, 1.54) is 88.2 Å². The van der Waals surface area contributed by atoms with Crippen LogP contribution in [0, 0.1) is 6.92 Å². The molecule has 1 aromatic carbocycles. The molecule has 1 unspecified atom stereocenters. The number of benzene rings is 1. The van der Waals surface area contributed by atoms with Gasteiger partial charge in [-0.2, -0.15) is 0 Å². The first kappa shape index (κ1) is 34.5. The molecule has 0 heterocycles. The molecule has 0 N–H and O–H groups in total. The van der Waals surface area contributed by atoms with Crippen molar-refractivity contribution in [2.45, 2.75) is 116 Å². The van der Waals surface area contributed by atoms with E-state index in [4.69, 9.17) is 0 Å². The van der Waals surface area contributed by atoms with E-state index in [2.05, 4.69) is 35.7 Å². The van der Waals surface area contributed by atoms with Gasteiger partial charge in [-0.25, -0.2) is 0 Å². The van der Waals surface area contributed by atoms with Gasteiger partial charge in [0.25, 0.3) is 0 Å². The van der Waals surface area contributed by atoms with E-state index in [1.54, 1.807) is 6.92 Å². The average molecular weight is 471 g/mol. The summed E-state index contributed by atoms with van der Waals surface area (Å²) in [7, 11) is -4.82. The van der Waals surface area contributed by atoms with Gasteiger partial charge in [0.05, 0.1) is 13.9 Å². The minimum absolute atomic E-state index is 0. The van der Waals surface area contributed by atoms with Crippen LogP contribution in [-0.2, 0) is 15.5 Å². The molecule has 7 heteroatoms. The SMILES string of the molecule is Cc1ccccc1CCCCCCCCCCCCCCCC(C)OP(=O)([O-])[O-].[Na+].[Na+]. The first-order chi connectivity index (χ1) is 13.9. The summed E-state index contributed by atoms with van der Waals surface area (Å²) in [4.78, 5) is 21.0. The fourth-order valence-corrected chi connectivity index (χ4v) is 4.40. The first-order valence-electron chi connectivity index (χ1n) is 11.6. The second-order valence-corrected chi connectivity index (χ2v) is 9.53. The van der Waals surface area contributed by atoms with E-state index in [9.17, 15) is 14.4 Å². The fourth-order valence-electron chi connectivity index (χ4n) is 3.86. The van der Waals surface area contributed by atoms with Crippen molar-refractivity contribution in [3.05, 3.63) is 35.4 Å². The molecule has 0 aliphatic heterocycles. The zero-order valence-electron chi connectivity index (χ0n) is 20.6. The Balaban J connectivity index is 0. The summed E-state index contributed by atoms with van der Waals surface area (Å²) in [5, 5.41) is 0. The third-order valence-corrected chi connectivity index (χ3v) is 6.25.